The van der Waals surface area contributed by atoms with E-state index in [1.54, 1.807) is 19.1 Å². The maximum Gasteiger partial charge on any atom is 0.307 e. The van der Waals surface area contributed by atoms with E-state index in [4.69, 9.17) is 5.73 Å². The van der Waals surface area contributed by atoms with Crippen molar-refractivity contribution in [2.24, 2.45) is 5.73 Å². The van der Waals surface area contributed by atoms with Gasteiger partial charge in [-0.25, -0.2) is 4.39 Å². The van der Waals surface area contributed by atoms with Crippen LogP contribution in [0.1, 0.15) is 23.6 Å². The number of carbonyl (C=O) groups is 1. The van der Waals surface area contributed by atoms with Crippen LogP contribution in [0.3, 0.4) is 0 Å². The van der Waals surface area contributed by atoms with Gasteiger partial charge in [0.25, 0.3) is 0 Å². The van der Waals surface area contributed by atoms with Crippen molar-refractivity contribution in [1.82, 2.24) is 0 Å². The zero-order chi connectivity index (χ0) is 11.4. The van der Waals surface area contributed by atoms with Crippen molar-refractivity contribution >= 4 is 5.97 Å². The summed E-state index contributed by atoms with van der Waals surface area (Å²) < 4.78 is 17.7. The Labute approximate surface area is 88.0 Å². The van der Waals surface area contributed by atoms with Gasteiger partial charge in [-0.2, -0.15) is 0 Å². The zero-order valence-corrected chi connectivity index (χ0v) is 8.79. The van der Waals surface area contributed by atoms with Crippen LogP contribution in [0.15, 0.2) is 18.2 Å². The highest BCUT2D eigenvalue weighted by molar-refractivity contribution is 5.70. The van der Waals surface area contributed by atoms with Crippen LogP contribution in [0.4, 0.5) is 4.39 Å². The lowest BCUT2D eigenvalue weighted by atomic mass is 10.0. The molecule has 1 rings (SSSR count). The van der Waals surface area contributed by atoms with Crippen LogP contribution >= 0.6 is 0 Å². The molecule has 0 aliphatic rings. The molecule has 1 aromatic carbocycles. The molecule has 0 aliphatic carbocycles. The van der Waals surface area contributed by atoms with E-state index < -0.39 is 12.0 Å². The van der Waals surface area contributed by atoms with Crippen LogP contribution in [0.2, 0.25) is 0 Å². The van der Waals surface area contributed by atoms with Gasteiger partial charge >= 0.3 is 5.97 Å². The predicted molar refractivity (Wildman–Crippen MR) is 54.7 cm³/mol. The Kier molecular flexibility index (Phi) is 3.80. The minimum Gasteiger partial charge on any atom is -0.469 e. The summed E-state index contributed by atoms with van der Waals surface area (Å²) in [5.41, 5.74) is 6.88. The molecule has 0 saturated heterocycles. The van der Waals surface area contributed by atoms with Gasteiger partial charge in [0.1, 0.15) is 5.82 Å². The molecule has 0 fully saturated rings. The van der Waals surface area contributed by atoms with Crippen molar-refractivity contribution in [3.8, 4) is 0 Å². The first-order valence-corrected chi connectivity index (χ1v) is 4.63. The molecular formula is C11H14FNO2. The van der Waals surface area contributed by atoms with E-state index in [2.05, 4.69) is 4.74 Å². The van der Waals surface area contributed by atoms with Crippen LogP contribution in [-0.2, 0) is 9.53 Å². The van der Waals surface area contributed by atoms with Crippen molar-refractivity contribution in [2.75, 3.05) is 7.11 Å². The monoisotopic (exact) mass is 211 g/mol. The topological polar surface area (TPSA) is 52.3 Å². The summed E-state index contributed by atoms with van der Waals surface area (Å²) in [4.78, 5) is 11.0. The number of ether oxygens (including phenoxy) is 1. The molecular weight excluding hydrogens is 197 g/mol. The van der Waals surface area contributed by atoms with E-state index >= 15 is 0 Å². The van der Waals surface area contributed by atoms with E-state index in [-0.39, 0.29) is 12.2 Å². The number of nitrogens with two attached hydrogens (primary N) is 1. The Bertz CT molecular complexity index is 366. The number of hydrogen-bond donors (Lipinski definition) is 1. The van der Waals surface area contributed by atoms with Crippen LogP contribution in [0, 0.1) is 12.7 Å². The Morgan fingerprint density at radius 1 is 1.60 bits per heavy atom. The van der Waals surface area contributed by atoms with Crippen LogP contribution in [-0.4, -0.2) is 13.1 Å². The summed E-state index contributed by atoms with van der Waals surface area (Å²) in [7, 11) is 1.30. The number of carbonyl (C=O) groups excluding carboxylic acids is 1. The standard InChI is InChI=1S/C11H14FNO2/c1-7-3-4-8(5-9(7)12)10(13)6-11(14)15-2/h3-5,10H,6,13H2,1-2H3/t10-/m0/s1. The smallest absolute Gasteiger partial charge is 0.307 e. The minimum atomic E-state index is -0.521. The fraction of sp³-hybridized carbons (Fsp3) is 0.364. The Morgan fingerprint density at radius 3 is 2.80 bits per heavy atom. The van der Waals surface area contributed by atoms with E-state index in [0.717, 1.165) is 0 Å². The van der Waals surface area contributed by atoms with Gasteiger partial charge in [-0.15, -0.1) is 0 Å². The first-order chi connectivity index (χ1) is 7.04. The predicted octanol–water partition coefficient (Wildman–Crippen LogP) is 1.70. The molecule has 82 valence electrons. The van der Waals surface area contributed by atoms with Crippen LogP contribution in [0.5, 0.6) is 0 Å². The summed E-state index contributed by atoms with van der Waals surface area (Å²) in [5, 5.41) is 0. The van der Waals surface area contributed by atoms with E-state index in [1.807, 2.05) is 0 Å². The number of hydrogen-bond acceptors (Lipinski definition) is 3. The van der Waals surface area contributed by atoms with Crippen molar-refractivity contribution in [3.63, 3.8) is 0 Å². The molecule has 0 saturated carbocycles. The van der Waals surface area contributed by atoms with Gasteiger partial charge in [0.05, 0.1) is 13.5 Å². The molecule has 0 unspecified atom stereocenters. The van der Waals surface area contributed by atoms with Gasteiger partial charge in [0.15, 0.2) is 0 Å². The summed E-state index contributed by atoms with van der Waals surface area (Å²) in [6, 6.07) is 4.18. The van der Waals surface area contributed by atoms with Gasteiger partial charge in [0.2, 0.25) is 0 Å². The van der Waals surface area contributed by atoms with Crippen molar-refractivity contribution in [3.05, 3.63) is 35.1 Å². The first-order valence-electron chi connectivity index (χ1n) is 4.63. The van der Waals surface area contributed by atoms with Gasteiger partial charge in [-0.1, -0.05) is 12.1 Å². The zero-order valence-electron chi connectivity index (χ0n) is 8.79. The van der Waals surface area contributed by atoms with Crippen molar-refractivity contribution in [1.29, 1.82) is 0 Å². The lowest BCUT2D eigenvalue weighted by Gasteiger charge is -2.11. The lowest BCUT2D eigenvalue weighted by molar-refractivity contribution is -0.141. The largest absolute Gasteiger partial charge is 0.469 e. The van der Waals surface area contributed by atoms with Gasteiger partial charge in [-0.3, -0.25) is 4.79 Å². The fourth-order valence-corrected chi connectivity index (χ4v) is 1.22. The third-order valence-electron chi connectivity index (χ3n) is 2.24. The molecule has 3 nitrogen and oxygen atoms in total. The van der Waals surface area contributed by atoms with Gasteiger partial charge in [0, 0.05) is 6.04 Å². The maximum absolute atomic E-state index is 13.2. The molecule has 0 amide bonds. The third-order valence-corrected chi connectivity index (χ3v) is 2.24. The second-order valence-electron chi connectivity index (χ2n) is 3.40. The molecule has 2 N–H and O–H groups in total. The highest BCUT2D eigenvalue weighted by Gasteiger charge is 2.12. The average molecular weight is 211 g/mol. The first kappa shape index (κ1) is 11.7. The molecule has 0 radical (unpaired) electrons. The summed E-state index contributed by atoms with van der Waals surface area (Å²) in [6.07, 6.45) is 0.0546. The maximum atomic E-state index is 13.2. The molecule has 0 heterocycles. The van der Waals surface area contributed by atoms with E-state index in [9.17, 15) is 9.18 Å². The molecule has 1 aromatic rings. The quantitative estimate of drug-likeness (QED) is 0.774. The molecule has 0 aromatic heterocycles. The SMILES string of the molecule is COC(=O)C[C@H](N)c1ccc(C)c(F)c1. The van der Waals surface area contributed by atoms with Crippen molar-refractivity contribution in [2.45, 2.75) is 19.4 Å². The number of aryl methyl sites for hydroxylation is 1. The van der Waals surface area contributed by atoms with Crippen LogP contribution < -0.4 is 5.73 Å². The molecule has 4 heteroatoms. The fourth-order valence-electron chi connectivity index (χ4n) is 1.22. The minimum absolute atomic E-state index is 0.0546. The van der Waals surface area contributed by atoms with E-state index in [1.165, 1.54) is 13.2 Å². The Balaban J connectivity index is 2.78. The molecule has 0 spiro atoms. The van der Waals surface area contributed by atoms with Crippen LogP contribution in [0.25, 0.3) is 0 Å². The second kappa shape index (κ2) is 4.89. The molecule has 1 atom stereocenters. The Hall–Kier alpha value is -1.42. The second-order valence-corrected chi connectivity index (χ2v) is 3.40. The normalized spacial score (nSPS) is 12.3. The number of halogens is 1. The summed E-state index contributed by atoms with van der Waals surface area (Å²) >= 11 is 0. The van der Waals surface area contributed by atoms with Crippen molar-refractivity contribution < 1.29 is 13.9 Å². The highest BCUT2D eigenvalue weighted by atomic mass is 19.1. The molecule has 0 bridgehead atoms. The number of rotatable bonds is 3. The number of methoxy groups -OCH3 is 1. The molecule has 0 aliphatic heterocycles. The highest BCUT2D eigenvalue weighted by Crippen LogP contribution is 2.17. The molecule has 15 heavy (non-hydrogen) atoms. The summed E-state index contributed by atoms with van der Waals surface area (Å²) in [6.45, 7) is 1.67. The van der Waals surface area contributed by atoms with Gasteiger partial charge < -0.3 is 10.5 Å². The Morgan fingerprint density at radius 2 is 2.27 bits per heavy atom. The van der Waals surface area contributed by atoms with Gasteiger partial charge in [-0.05, 0) is 24.1 Å². The number of benzene rings is 1. The summed E-state index contributed by atoms with van der Waals surface area (Å²) in [5.74, 6) is -0.712. The lowest BCUT2D eigenvalue weighted by Crippen LogP contribution is -2.16. The third kappa shape index (κ3) is 3.02. The number of esters is 1. The van der Waals surface area contributed by atoms with E-state index in [0.29, 0.717) is 11.1 Å². The average Bonchev–Trinajstić information content (AvgIpc) is 2.21.